The number of fused-ring (bicyclic) bond motifs is 1. The van der Waals surface area contributed by atoms with E-state index in [-0.39, 0.29) is 15.5 Å². The van der Waals surface area contributed by atoms with Crippen LogP contribution in [0.15, 0.2) is 46.8 Å². The van der Waals surface area contributed by atoms with Crippen LogP contribution >= 0.6 is 0 Å². The predicted octanol–water partition coefficient (Wildman–Crippen LogP) is 0.899. The fraction of sp³-hybridized carbons (Fsp3) is 0.0909. The SMILES string of the molecule is COc1cc2nccn2cc1S(=O)(=O)c1cn[nH]c1. The standard InChI is InChI=1S/C11H10N4O3S/c1-18-9-4-11-12-2-3-15(11)7-10(9)19(16,17)8-5-13-14-6-8/h2-7H,1H3,(H,13,14). The highest BCUT2D eigenvalue weighted by molar-refractivity contribution is 7.91. The maximum Gasteiger partial charge on any atom is 0.214 e. The molecule has 3 aromatic rings. The molecule has 0 bridgehead atoms. The van der Waals surface area contributed by atoms with Crippen LogP contribution in [0.25, 0.3) is 5.65 Å². The summed E-state index contributed by atoms with van der Waals surface area (Å²) in [5.41, 5.74) is 0.614. The molecule has 3 aromatic heterocycles. The number of ether oxygens (including phenoxy) is 1. The first-order valence-electron chi connectivity index (χ1n) is 5.37. The van der Waals surface area contributed by atoms with Crippen molar-refractivity contribution in [2.24, 2.45) is 0 Å². The van der Waals surface area contributed by atoms with Crippen LogP contribution in [0.3, 0.4) is 0 Å². The van der Waals surface area contributed by atoms with Gasteiger partial charge in [-0.3, -0.25) is 5.10 Å². The highest BCUT2D eigenvalue weighted by atomic mass is 32.2. The molecule has 0 radical (unpaired) electrons. The summed E-state index contributed by atoms with van der Waals surface area (Å²) < 4.78 is 31.7. The van der Waals surface area contributed by atoms with Crippen molar-refractivity contribution < 1.29 is 13.2 Å². The van der Waals surface area contributed by atoms with Crippen LogP contribution in [-0.4, -0.2) is 35.1 Å². The van der Waals surface area contributed by atoms with Crippen molar-refractivity contribution in [3.63, 3.8) is 0 Å². The molecule has 3 heterocycles. The van der Waals surface area contributed by atoms with Crippen LogP contribution in [0, 0.1) is 0 Å². The summed E-state index contributed by atoms with van der Waals surface area (Å²) >= 11 is 0. The minimum atomic E-state index is -3.68. The molecule has 0 unspecified atom stereocenters. The molecule has 0 fully saturated rings. The topological polar surface area (TPSA) is 89.3 Å². The zero-order chi connectivity index (χ0) is 13.5. The van der Waals surface area contributed by atoms with E-state index in [0.29, 0.717) is 5.65 Å². The van der Waals surface area contributed by atoms with Crippen molar-refractivity contribution in [2.45, 2.75) is 9.79 Å². The third-order valence-electron chi connectivity index (χ3n) is 2.75. The third-order valence-corrected chi connectivity index (χ3v) is 4.48. The van der Waals surface area contributed by atoms with Gasteiger partial charge < -0.3 is 9.14 Å². The zero-order valence-corrected chi connectivity index (χ0v) is 10.8. The number of H-pyrrole nitrogens is 1. The molecule has 0 aromatic carbocycles. The van der Waals surface area contributed by atoms with Crippen molar-refractivity contribution >= 4 is 15.5 Å². The Balaban J connectivity index is 2.29. The van der Waals surface area contributed by atoms with E-state index in [0.717, 1.165) is 0 Å². The lowest BCUT2D eigenvalue weighted by Gasteiger charge is -2.09. The smallest absolute Gasteiger partial charge is 0.214 e. The average molecular weight is 278 g/mol. The predicted molar refractivity (Wildman–Crippen MR) is 65.8 cm³/mol. The van der Waals surface area contributed by atoms with Crippen molar-refractivity contribution in [1.29, 1.82) is 0 Å². The van der Waals surface area contributed by atoms with Gasteiger partial charge in [0.15, 0.2) is 0 Å². The Morgan fingerprint density at radius 2 is 2.26 bits per heavy atom. The lowest BCUT2D eigenvalue weighted by Crippen LogP contribution is -2.05. The summed E-state index contributed by atoms with van der Waals surface area (Å²) in [5, 5.41) is 6.14. The molecule has 0 saturated heterocycles. The van der Waals surface area contributed by atoms with Crippen LogP contribution in [0.5, 0.6) is 5.75 Å². The molecule has 0 aliphatic carbocycles. The molecule has 0 saturated carbocycles. The number of hydrogen-bond donors (Lipinski definition) is 1. The normalized spacial score (nSPS) is 11.8. The Labute approximate surface area is 108 Å². The third kappa shape index (κ3) is 1.76. The summed E-state index contributed by atoms with van der Waals surface area (Å²) in [4.78, 5) is 4.24. The first kappa shape index (κ1) is 11.7. The Kier molecular flexibility index (Phi) is 2.53. The van der Waals surface area contributed by atoms with Gasteiger partial charge in [0, 0.05) is 30.9 Å². The summed E-state index contributed by atoms with van der Waals surface area (Å²) in [6.45, 7) is 0. The van der Waals surface area contributed by atoms with Crippen LogP contribution in [0.1, 0.15) is 0 Å². The number of nitrogens with one attached hydrogen (secondary N) is 1. The number of nitrogens with zero attached hydrogens (tertiary/aromatic N) is 3. The van der Waals surface area contributed by atoms with Crippen LogP contribution < -0.4 is 4.74 Å². The van der Waals surface area contributed by atoms with E-state index in [1.807, 2.05) is 0 Å². The average Bonchev–Trinajstić information content (AvgIpc) is 3.07. The number of aromatic amines is 1. The van der Waals surface area contributed by atoms with Crippen molar-refractivity contribution in [3.05, 3.63) is 37.1 Å². The summed E-state index contributed by atoms with van der Waals surface area (Å²) in [6.07, 6.45) is 7.31. The van der Waals surface area contributed by atoms with Gasteiger partial charge in [-0.25, -0.2) is 13.4 Å². The number of pyridine rings is 1. The number of hydrogen-bond acceptors (Lipinski definition) is 5. The number of rotatable bonds is 3. The molecule has 19 heavy (non-hydrogen) atoms. The highest BCUT2D eigenvalue weighted by Crippen LogP contribution is 2.29. The van der Waals surface area contributed by atoms with E-state index < -0.39 is 9.84 Å². The largest absolute Gasteiger partial charge is 0.495 e. The molecular formula is C11H10N4O3S. The summed E-state index contributed by atoms with van der Waals surface area (Å²) in [6, 6.07) is 1.58. The van der Waals surface area contributed by atoms with Crippen LogP contribution in [0.4, 0.5) is 0 Å². The van der Waals surface area contributed by atoms with Gasteiger partial charge in [-0.1, -0.05) is 0 Å². The van der Waals surface area contributed by atoms with E-state index in [9.17, 15) is 8.42 Å². The van der Waals surface area contributed by atoms with Crippen molar-refractivity contribution in [1.82, 2.24) is 19.6 Å². The van der Waals surface area contributed by atoms with Crippen molar-refractivity contribution in [2.75, 3.05) is 7.11 Å². The number of methoxy groups -OCH3 is 1. The minimum Gasteiger partial charge on any atom is -0.495 e. The Hall–Kier alpha value is -2.35. The molecule has 0 aliphatic rings. The number of imidazole rings is 1. The van der Waals surface area contributed by atoms with Crippen LogP contribution in [0.2, 0.25) is 0 Å². The van der Waals surface area contributed by atoms with Gasteiger partial charge in [0.2, 0.25) is 9.84 Å². The van der Waals surface area contributed by atoms with Gasteiger partial charge in [0.1, 0.15) is 21.2 Å². The summed E-state index contributed by atoms with van der Waals surface area (Å²) in [7, 11) is -2.26. The second-order valence-corrected chi connectivity index (χ2v) is 5.75. The fourth-order valence-electron chi connectivity index (χ4n) is 1.80. The minimum absolute atomic E-state index is 0.0712. The quantitative estimate of drug-likeness (QED) is 0.768. The van der Waals surface area contributed by atoms with Crippen molar-refractivity contribution in [3.8, 4) is 5.75 Å². The molecular weight excluding hydrogens is 268 g/mol. The molecule has 7 nitrogen and oxygen atoms in total. The Morgan fingerprint density at radius 3 is 2.95 bits per heavy atom. The fourth-order valence-corrected chi connectivity index (χ4v) is 3.11. The zero-order valence-electron chi connectivity index (χ0n) is 9.94. The molecule has 98 valence electrons. The maximum atomic E-state index is 12.5. The van der Waals surface area contributed by atoms with Gasteiger partial charge in [-0.05, 0) is 0 Å². The lowest BCUT2D eigenvalue weighted by atomic mass is 10.4. The monoisotopic (exact) mass is 278 g/mol. The van der Waals surface area contributed by atoms with E-state index in [1.165, 1.54) is 25.7 Å². The molecule has 8 heteroatoms. The number of aromatic nitrogens is 4. The molecule has 0 amide bonds. The Bertz CT molecular complexity index is 821. The summed E-state index contributed by atoms with van der Waals surface area (Å²) in [5.74, 6) is 0.250. The first-order valence-corrected chi connectivity index (χ1v) is 6.86. The second kappa shape index (κ2) is 4.09. The molecule has 0 spiro atoms. The van der Waals surface area contributed by atoms with E-state index >= 15 is 0 Å². The van der Waals surface area contributed by atoms with Crippen LogP contribution in [-0.2, 0) is 9.84 Å². The highest BCUT2D eigenvalue weighted by Gasteiger charge is 2.24. The molecule has 0 aliphatic heterocycles. The molecule has 0 atom stereocenters. The van der Waals surface area contributed by atoms with E-state index in [4.69, 9.17) is 4.74 Å². The van der Waals surface area contributed by atoms with Gasteiger partial charge >= 0.3 is 0 Å². The van der Waals surface area contributed by atoms with E-state index in [1.54, 1.807) is 22.9 Å². The Morgan fingerprint density at radius 1 is 1.42 bits per heavy atom. The van der Waals surface area contributed by atoms with Gasteiger partial charge in [-0.15, -0.1) is 0 Å². The number of sulfone groups is 1. The molecule has 3 rings (SSSR count). The molecule has 1 N–H and O–H groups in total. The van der Waals surface area contributed by atoms with E-state index in [2.05, 4.69) is 15.2 Å². The first-order chi connectivity index (χ1) is 9.13. The maximum absolute atomic E-state index is 12.5. The van der Waals surface area contributed by atoms with Gasteiger partial charge in [0.05, 0.1) is 13.3 Å². The lowest BCUT2D eigenvalue weighted by molar-refractivity contribution is 0.402. The van der Waals surface area contributed by atoms with Gasteiger partial charge in [0.25, 0.3) is 0 Å². The second-order valence-electron chi connectivity index (χ2n) is 3.84. The van der Waals surface area contributed by atoms with Gasteiger partial charge in [-0.2, -0.15) is 5.10 Å².